The van der Waals surface area contributed by atoms with E-state index in [1.54, 1.807) is 11.8 Å². The van der Waals surface area contributed by atoms with Crippen LogP contribution in [0.25, 0.3) is 11.0 Å². The Morgan fingerprint density at radius 2 is 2.06 bits per heavy atom. The largest absolute Gasteiger partial charge is 0.357 e. The minimum absolute atomic E-state index is 0.732. The molecule has 0 unspecified atom stereocenters. The molecule has 18 heavy (non-hydrogen) atoms. The van der Waals surface area contributed by atoms with E-state index < -0.39 is 0 Å². The second-order valence-corrected chi connectivity index (χ2v) is 5.89. The fourth-order valence-corrected chi connectivity index (χ4v) is 3.25. The van der Waals surface area contributed by atoms with Gasteiger partial charge < -0.3 is 4.90 Å². The molecule has 0 bridgehead atoms. The van der Waals surface area contributed by atoms with Gasteiger partial charge in [0.1, 0.15) is 9.84 Å². The third-order valence-corrected chi connectivity index (χ3v) is 4.59. The van der Waals surface area contributed by atoms with Crippen LogP contribution >= 0.6 is 24.0 Å². The Morgan fingerprint density at radius 3 is 2.89 bits per heavy atom. The number of aromatic nitrogens is 3. The Hall–Kier alpha value is -1.14. The highest BCUT2D eigenvalue weighted by Crippen LogP contribution is 2.19. The van der Waals surface area contributed by atoms with Crippen LogP contribution in [0.1, 0.15) is 12.8 Å². The van der Waals surface area contributed by atoms with Gasteiger partial charge in [0.25, 0.3) is 0 Å². The van der Waals surface area contributed by atoms with E-state index in [1.165, 1.54) is 12.8 Å². The highest BCUT2D eigenvalue weighted by molar-refractivity contribution is 8.22. The number of rotatable bonds is 2. The first-order chi connectivity index (χ1) is 8.84. The molecular weight excluding hydrogens is 264 g/mol. The number of thiocarbonyl (C=S) groups is 1. The lowest BCUT2D eigenvalue weighted by Crippen LogP contribution is -2.23. The van der Waals surface area contributed by atoms with Gasteiger partial charge in [-0.2, -0.15) is 0 Å². The highest BCUT2D eigenvalue weighted by atomic mass is 32.2. The van der Waals surface area contributed by atoms with E-state index in [-0.39, 0.29) is 0 Å². The fourth-order valence-electron chi connectivity index (χ4n) is 2.12. The molecule has 1 aliphatic heterocycles. The third-order valence-electron chi connectivity index (χ3n) is 3.09. The van der Waals surface area contributed by atoms with Crippen molar-refractivity contribution in [1.82, 2.24) is 19.9 Å². The number of hydrogen-bond donors (Lipinski definition) is 0. The number of fused-ring (bicyclic) bond motifs is 1. The number of para-hydroxylation sites is 1. The van der Waals surface area contributed by atoms with Gasteiger partial charge in [-0.15, -0.1) is 5.10 Å². The van der Waals surface area contributed by atoms with E-state index in [1.807, 2.05) is 28.9 Å². The number of benzene rings is 1. The molecule has 2 aromatic rings. The zero-order valence-electron chi connectivity index (χ0n) is 9.95. The monoisotopic (exact) mass is 278 g/mol. The lowest BCUT2D eigenvalue weighted by Gasteiger charge is -2.17. The van der Waals surface area contributed by atoms with Gasteiger partial charge in [0, 0.05) is 13.1 Å². The highest BCUT2D eigenvalue weighted by Gasteiger charge is 2.15. The smallest absolute Gasteiger partial charge is 0.138 e. The Labute approximate surface area is 115 Å². The minimum atomic E-state index is 0.732. The van der Waals surface area contributed by atoms with Crippen molar-refractivity contribution in [2.75, 3.05) is 13.1 Å². The quantitative estimate of drug-likeness (QED) is 0.788. The molecular formula is C12H14N4S2. The molecule has 0 saturated carbocycles. The number of hydrogen-bond acceptors (Lipinski definition) is 4. The Bertz CT molecular complexity index is 560. The molecule has 4 nitrogen and oxygen atoms in total. The summed E-state index contributed by atoms with van der Waals surface area (Å²) in [5.41, 5.74) is 2.00. The first-order valence-electron chi connectivity index (χ1n) is 6.04. The van der Waals surface area contributed by atoms with Gasteiger partial charge in [-0.25, -0.2) is 4.68 Å². The van der Waals surface area contributed by atoms with Gasteiger partial charge in [-0.1, -0.05) is 41.3 Å². The van der Waals surface area contributed by atoms with Crippen molar-refractivity contribution >= 4 is 39.3 Å². The van der Waals surface area contributed by atoms with Gasteiger partial charge in [-0.3, -0.25) is 0 Å². The van der Waals surface area contributed by atoms with Crippen molar-refractivity contribution in [3.05, 3.63) is 24.3 Å². The van der Waals surface area contributed by atoms with Gasteiger partial charge in [0.15, 0.2) is 0 Å². The molecule has 6 heteroatoms. The summed E-state index contributed by atoms with van der Waals surface area (Å²) in [4.78, 5) is 2.28. The standard InChI is InChI=1S/C12H14N4S2/c17-12(15-7-3-4-8-15)18-9-16-11-6-2-1-5-10(11)13-14-16/h1-2,5-6H,3-4,7-9H2. The van der Waals surface area contributed by atoms with Gasteiger partial charge >= 0.3 is 0 Å². The summed E-state index contributed by atoms with van der Waals surface area (Å²) >= 11 is 7.10. The molecule has 0 N–H and O–H groups in total. The molecule has 0 spiro atoms. The fraction of sp³-hybridized carbons (Fsp3) is 0.417. The maximum atomic E-state index is 5.44. The average molecular weight is 278 g/mol. The van der Waals surface area contributed by atoms with Crippen LogP contribution < -0.4 is 0 Å². The van der Waals surface area contributed by atoms with Crippen LogP contribution in [0.15, 0.2) is 24.3 Å². The summed E-state index contributed by atoms with van der Waals surface area (Å²) in [7, 11) is 0. The minimum Gasteiger partial charge on any atom is -0.357 e. The van der Waals surface area contributed by atoms with Gasteiger partial charge in [-0.05, 0) is 25.0 Å². The van der Waals surface area contributed by atoms with E-state index in [2.05, 4.69) is 15.2 Å². The summed E-state index contributed by atoms with van der Waals surface area (Å²) in [5.74, 6) is 0.732. The van der Waals surface area contributed by atoms with E-state index in [0.717, 1.165) is 34.3 Å². The van der Waals surface area contributed by atoms with Crippen LogP contribution in [0.3, 0.4) is 0 Å². The predicted molar refractivity (Wildman–Crippen MR) is 78.5 cm³/mol. The van der Waals surface area contributed by atoms with Crippen LogP contribution in [0.5, 0.6) is 0 Å². The van der Waals surface area contributed by atoms with Crippen molar-refractivity contribution < 1.29 is 0 Å². The molecule has 0 atom stereocenters. The maximum Gasteiger partial charge on any atom is 0.138 e. The van der Waals surface area contributed by atoms with Crippen molar-refractivity contribution in [2.24, 2.45) is 0 Å². The van der Waals surface area contributed by atoms with Gasteiger partial charge in [0.2, 0.25) is 0 Å². The molecule has 1 saturated heterocycles. The first-order valence-corrected chi connectivity index (χ1v) is 7.44. The summed E-state index contributed by atoms with van der Waals surface area (Å²) in [6.07, 6.45) is 2.51. The molecule has 0 amide bonds. The summed E-state index contributed by atoms with van der Waals surface area (Å²) < 4.78 is 2.88. The lowest BCUT2D eigenvalue weighted by molar-refractivity contribution is 0.538. The van der Waals surface area contributed by atoms with Crippen LogP contribution in [0.2, 0.25) is 0 Å². The topological polar surface area (TPSA) is 34.0 Å². The Balaban J connectivity index is 1.67. The van der Waals surface area contributed by atoms with Crippen LogP contribution in [0.4, 0.5) is 0 Å². The maximum absolute atomic E-state index is 5.44. The number of thioether (sulfide) groups is 1. The molecule has 0 radical (unpaired) electrons. The Kier molecular flexibility index (Phi) is 3.47. The van der Waals surface area contributed by atoms with Gasteiger partial charge in [0.05, 0.1) is 11.4 Å². The van der Waals surface area contributed by atoms with E-state index in [4.69, 9.17) is 12.2 Å². The summed E-state index contributed by atoms with van der Waals surface area (Å²) in [6, 6.07) is 7.99. The third kappa shape index (κ3) is 2.35. The molecule has 1 aromatic heterocycles. The molecule has 94 valence electrons. The SMILES string of the molecule is S=C(SCn1nnc2ccccc21)N1CCCC1. The zero-order valence-corrected chi connectivity index (χ0v) is 11.6. The van der Waals surface area contributed by atoms with Crippen LogP contribution in [-0.2, 0) is 5.88 Å². The molecule has 1 aromatic carbocycles. The van der Waals surface area contributed by atoms with Crippen molar-refractivity contribution in [2.45, 2.75) is 18.7 Å². The van der Waals surface area contributed by atoms with Crippen molar-refractivity contribution in [3.63, 3.8) is 0 Å². The second kappa shape index (κ2) is 5.24. The van der Waals surface area contributed by atoms with Crippen LogP contribution in [-0.4, -0.2) is 37.3 Å². The molecule has 3 rings (SSSR count). The zero-order chi connectivity index (χ0) is 12.4. The normalized spacial score (nSPS) is 15.4. The average Bonchev–Trinajstić information content (AvgIpc) is 3.06. The van der Waals surface area contributed by atoms with E-state index in [0.29, 0.717) is 0 Å². The number of likely N-dealkylation sites (tertiary alicyclic amines) is 1. The van der Waals surface area contributed by atoms with Crippen LogP contribution in [0, 0.1) is 0 Å². The van der Waals surface area contributed by atoms with E-state index in [9.17, 15) is 0 Å². The molecule has 0 aliphatic carbocycles. The lowest BCUT2D eigenvalue weighted by atomic mass is 10.3. The van der Waals surface area contributed by atoms with Crippen molar-refractivity contribution in [3.8, 4) is 0 Å². The summed E-state index contributed by atoms with van der Waals surface area (Å²) in [5, 5.41) is 8.30. The molecule has 1 aliphatic rings. The van der Waals surface area contributed by atoms with Crippen molar-refractivity contribution in [1.29, 1.82) is 0 Å². The first kappa shape index (κ1) is 11.9. The second-order valence-electron chi connectivity index (χ2n) is 4.31. The molecule has 1 fully saturated rings. The molecule has 2 heterocycles. The Morgan fingerprint density at radius 1 is 1.28 bits per heavy atom. The predicted octanol–water partition coefficient (Wildman–Crippen LogP) is 2.50. The number of nitrogens with zero attached hydrogens (tertiary/aromatic N) is 4. The summed E-state index contributed by atoms with van der Waals surface area (Å²) in [6.45, 7) is 2.20. The van der Waals surface area contributed by atoms with E-state index >= 15 is 0 Å².